The first kappa shape index (κ1) is 13.6. The summed E-state index contributed by atoms with van der Waals surface area (Å²) < 4.78 is 2.18. The third-order valence-electron chi connectivity index (χ3n) is 2.99. The van der Waals surface area contributed by atoms with Gasteiger partial charge < -0.3 is 9.88 Å². The second kappa shape index (κ2) is 5.03. The molecular weight excluding hydrogens is 236 g/mol. The molecule has 0 radical (unpaired) electrons. The minimum atomic E-state index is 0.0451. The van der Waals surface area contributed by atoms with Crippen LogP contribution in [0.5, 0.6) is 0 Å². The molecule has 4 heteroatoms. The number of hydrogen-bond acceptors (Lipinski definition) is 3. The van der Waals surface area contributed by atoms with Crippen molar-refractivity contribution >= 4 is 5.82 Å². The summed E-state index contributed by atoms with van der Waals surface area (Å²) in [6.45, 7) is 11.3. The topological polar surface area (TPSA) is 42.7 Å². The van der Waals surface area contributed by atoms with Crippen molar-refractivity contribution in [2.45, 2.75) is 46.7 Å². The van der Waals surface area contributed by atoms with Crippen molar-refractivity contribution in [3.05, 3.63) is 41.6 Å². The number of nitrogens with one attached hydrogen (secondary N) is 1. The molecule has 2 rings (SSSR count). The number of imidazole rings is 1. The van der Waals surface area contributed by atoms with E-state index in [-0.39, 0.29) is 5.54 Å². The monoisotopic (exact) mass is 258 g/mol. The van der Waals surface area contributed by atoms with E-state index in [1.54, 1.807) is 0 Å². The Bertz CT molecular complexity index is 544. The fraction of sp³-hybridized carbons (Fsp3) is 0.467. The Labute approximate surface area is 114 Å². The lowest BCUT2D eigenvalue weighted by Crippen LogP contribution is -2.24. The summed E-state index contributed by atoms with van der Waals surface area (Å²) in [4.78, 5) is 8.72. The molecule has 2 heterocycles. The summed E-state index contributed by atoms with van der Waals surface area (Å²) in [5, 5.41) is 3.37. The van der Waals surface area contributed by atoms with Gasteiger partial charge in [-0.3, -0.25) is 0 Å². The molecule has 0 bridgehead atoms. The number of aromatic nitrogens is 3. The molecule has 19 heavy (non-hydrogen) atoms. The Morgan fingerprint density at radius 1 is 1.21 bits per heavy atom. The molecule has 0 aromatic carbocycles. The van der Waals surface area contributed by atoms with Gasteiger partial charge in [0.25, 0.3) is 0 Å². The van der Waals surface area contributed by atoms with Crippen LogP contribution in [0.15, 0.2) is 24.7 Å². The van der Waals surface area contributed by atoms with Crippen LogP contribution >= 0.6 is 0 Å². The molecule has 2 aromatic heterocycles. The van der Waals surface area contributed by atoms with Gasteiger partial charge in [0.2, 0.25) is 0 Å². The maximum atomic E-state index is 4.48. The Hall–Kier alpha value is -1.84. The van der Waals surface area contributed by atoms with Gasteiger partial charge in [0.05, 0.1) is 18.6 Å². The second-order valence-electron chi connectivity index (χ2n) is 5.95. The highest BCUT2D eigenvalue weighted by Crippen LogP contribution is 2.17. The van der Waals surface area contributed by atoms with Crippen molar-refractivity contribution in [2.75, 3.05) is 5.32 Å². The van der Waals surface area contributed by atoms with Crippen molar-refractivity contribution in [1.29, 1.82) is 0 Å². The largest absolute Gasteiger partial charge is 0.364 e. The SMILES string of the molecule is Cc1cc(C)nc(NCc2cncn2C(C)(C)C)c1. The standard InChI is InChI=1S/C15H22N4/c1-11-6-12(2)18-14(7-11)17-9-13-8-16-10-19(13)15(3,4)5/h6-8,10H,9H2,1-5H3,(H,17,18). The van der Waals surface area contributed by atoms with Gasteiger partial charge in [-0.1, -0.05) is 0 Å². The van der Waals surface area contributed by atoms with E-state index in [0.29, 0.717) is 0 Å². The van der Waals surface area contributed by atoms with Crippen LogP contribution in [0.2, 0.25) is 0 Å². The molecule has 102 valence electrons. The Kier molecular flexibility index (Phi) is 3.60. The lowest BCUT2D eigenvalue weighted by Gasteiger charge is -2.23. The normalized spacial score (nSPS) is 11.6. The summed E-state index contributed by atoms with van der Waals surface area (Å²) in [6, 6.07) is 4.13. The van der Waals surface area contributed by atoms with Gasteiger partial charge >= 0.3 is 0 Å². The third kappa shape index (κ3) is 3.34. The van der Waals surface area contributed by atoms with Crippen molar-refractivity contribution in [3.8, 4) is 0 Å². The highest BCUT2D eigenvalue weighted by molar-refractivity contribution is 5.39. The number of nitrogens with zero attached hydrogens (tertiary/aromatic N) is 3. The molecule has 0 unspecified atom stereocenters. The fourth-order valence-corrected chi connectivity index (χ4v) is 2.17. The average molecular weight is 258 g/mol. The van der Waals surface area contributed by atoms with E-state index in [0.717, 1.165) is 23.8 Å². The lowest BCUT2D eigenvalue weighted by molar-refractivity contribution is 0.385. The van der Waals surface area contributed by atoms with Gasteiger partial charge in [-0.2, -0.15) is 0 Å². The second-order valence-corrected chi connectivity index (χ2v) is 5.95. The Morgan fingerprint density at radius 2 is 1.95 bits per heavy atom. The van der Waals surface area contributed by atoms with Gasteiger partial charge in [-0.05, 0) is 52.3 Å². The van der Waals surface area contributed by atoms with Crippen LogP contribution in [0.25, 0.3) is 0 Å². The van der Waals surface area contributed by atoms with E-state index >= 15 is 0 Å². The fourth-order valence-electron chi connectivity index (χ4n) is 2.17. The highest BCUT2D eigenvalue weighted by Gasteiger charge is 2.15. The first-order chi connectivity index (χ1) is 8.86. The number of aryl methyl sites for hydroxylation is 2. The molecule has 0 amide bonds. The number of rotatable bonds is 3. The molecule has 0 atom stereocenters. The molecule has 0 aliphatic heterocycles. The molecule has 2 aromatic rings. The number of pyridine rings is 1. The van der Waals surface area contributed by atoms with Crippen LogP contribution in [0.4, 0.5) is 5.82 Å². The lowest BCUT2D eigenvalue weighted by atomic mass is 10.1. The van der Waals surface area contributed by atoms with Crippen LogP contribution in [0.3, 0.4) is 0 Å². The van der Waals surface area contributed by atoms with E-state index < -0.39 is 0 Å². The minimum absolute atomic E-state index is 0.0451. The molecule has 0 spiro atoms. The Balaban J connectivity index is 2.13. The van der Waals surface area contributed by atoms with Crippen molar-refractivity contribution in [1.82, 2.24) is 14.5 Å². The average Bonchev–Trinajstić information content (AvgIpc) is 2.72. The predicted octanol–water partition coefficient (Wildman–Crippen LogP) is 3.26. The van der Waals surface area contributed by atoms with E-state index in [1.807, 2.05) is 19.4 Å². The van der Waals surface area contributed by atoms with E-state index in [2.05, 4.69) is 59.7 Å². The van der Waals surface area contributed by atoms with Gasteiger partial charge in [-0.25, -0.2) is 9.97 Å². The zero-order chi connectivity index (χ0) is 14.0. The maximum Gasteiger partial charge on any atom is 0.126 e. The van der Waals surface area contributed by atoms with Crippen LogP contribution in [-0.2, 0) is 12.1 Å². The van der Waals surface area contributed by atoms with Crippen LogP contribution in [0, 0.1) is 13.8 Å². The van der Waals surface area contributed by atoms with E-state index in [9.17, 15) is 0 Å². The third-order valence-corrected chi connectivity index (χ3v) is 2.99. The highest BCUT2D eigenvalue weighted by atomic mass is 15.1. The Morgan fingerprint density at radius 3 is 2.58 bits per heavy atom. The molecule has 0 fully saturated rings. The van der Waals surface area contributed by atoms with Crippen molar-refractivity contribution in [3.63, 3.8) is 0 Å². The molecule has 0 saturated heterocycles. The van der Waals surface area contributed by atoms with Gasteiger partial charge in [0, 0.05) is 17.4 Å². The summed E-state index contributed by atoms with van der Waals surface area (Å²) in [5.41, 5.74) is 3.46. The molecular formula is C15H22N4. The van der Waals surface area contributed by atoms with Gasteiger partial charge in [0.15, 0.2) is 0 Å². The first-order valence-electron chi connectivity index (χ1n) is 6.57. The minimum Gasteiger partial charge on any atom is -0.364 e. The smallest absolute Gasteiger partial charge is 0.126 e. The quantitative estimate of drug-likeness (QED) is 0.919. The summed E-state index contributed by atoms with van der Waals surface area (Å²) >= 11 is 0. The zero-order valence-electron chi connectivity index (χ0n) is 12.4. The van der Waals surface area contributed by atoms with Crippen molar-refractivity contribution < 1.29 is 0 Å². The maximum absolute atomic E-state index is 4.48. The summed E-state index contributed by atoms with van der Waals surface area (Å²) in [7, 11) is 0. The van der Waals surface area contributed by atoms with E-state index in [4.69, 9.17) is 0 Å². The van der Waals surface area contributed by atoms with Crippen LogP contribution in [-0.4, -0.2) is 14.5 Å². The van der Waals surface area contributed by atoms with Gasteiger partial charge in [-0.15, -0.1) is 0 Å². The summed E-state index contributed by atoms with van der Waals surface area (Å²) in [6.07, 6.45) is 3.78. The first-order valence-corrected chi connectivity index (χ1v) is 6.57. The summed E-state index contributed by atoms with van der Waals surface area (Å²) in [5.74, 6) is 0.916. The van der Waals surface area contributed by atoms with Gasteiger partial charge in [0.1, 0.15) is 5.82 Å². The van der Waals surface area contributed by atoms with Crippen LogP contribution < -0.4 is 5.32 Å². The molecule has 0 aliphatic carbocycles. The molecule has 1 N–H and O–H groups in total. The molecule has 4 nitrogen and oxygen atoms in total. The predicted molar refractivity (Wildman–Crippen MR) is 78.3 cm³/mol. The molecule has 0 saturated carbocycles. The molecule has 0 aliphatic rings. The number of hydrogen-bond donors (Lipinski definition) is 1. The van der Waals surface area contributed by atoms with Crippen LogP contribution in [0.1, 0.15) is 37.7 Å². The van der Waals surface area contributed by atoms with Crippen molar-refractivity contribution in [2.24, 2.45) is 0 Å². The van der Waals surface area contributed by atoms with E-state index in [1.165, 1.54) is 5.56 Å². The number of anilines is 1. The zero-order valence-corrected chi connectivity index (χ0v) is 12.4.